The Labute approximate surface area is 219 Å². The summed E-state index contributed by atoms with van der Waals surface area (Å²) in [6.45, 7) is 23.2. The second-order valence-corrected chi connectivity index (χ2v) is 11.0. The predicted molar refractivity (Wildman–Crippen MR) is 148 cm³/mol. The molecule has 0 fully saturated rings. The molecule has 0 N–H and O–H groups in total. The lowest BCUT2D eigenvalue weighted by Crippen LogP contribution is -2.46. The van der Waals surface area contributed by atoms with E-state index in [-0.39, 0.29) is 34.6 Å². The highest BCUT2D eigenvalue weighted by atomic mass is 16.6. The first-order valence-corrected chi connectivity index (χ1v) is 14.5. The van der Waals surface area contributed by atoms with Gasteiger partial charge in [-0.05, 0) is 65.2 Å². The van der Waals surface area contributed by atoms with Gasteiger partial charge in [0.15, 0.2) is 0 Å². The number of rotatable bonds is 22. The van der Waals surface area contributed by atoms with Gasteiger partial charge in [-0.2, -0.15) is 0 Å². The molecule has 2 atom stereocenters. The Bertz CT molecular complexity index is 511. The van der Waals surface area contributed by atoms with Crippen molar-refractivity contribution in [1.29, 1.82) is 0 Å². The molecule has 5 heteroatoms. The molecule has 0 aliphatic heterocycles. The van der Waals surface area contributed by atoms with Crippen molar-refractivity contribution < 1.29 is 23.7 Å². The number of ether oxygens (including phenoxy) is 5. The molecule has 0 spiro atoms. The van der Waals surface area contributed by atoms with Crippen LogP contribution in [0.4, 0.5) is 0 Å². The van der Waals surface area contributed by atoms with E-state index in [1.807, 2.05) is 7.11 Å². The van der Waals surface area contributed by atoms with Gasteiger partial charge in [-0.3, -0.25) is 0 Å². The Kier molecular flexibility index (Phi) is 16.5. The molecule has 0 amide bonds. The van der Waals surface area contributed by atoms with Crippen LogP contribution in [0.25, 0.3) is 0 Å². The number of hydrogen-bond donors (Lipinski definition) is 0. The van der Waals surface area contributed by atoms with Gasteiger partial charge in [0, 0.05) is 27.1 Å². The second kappa shape index (κ2) is 16.6. The smallest absolute Gasteiger partial charge is 0.0843 e. The average molecular weight is 503 g/mol. The Morgan fingerprint density at radius 3 is 1.20 bits per heavy atom. The zero-order valence-corrected chi connectivity index (χ0v) is 25.7. The SMILES string of the molecule is CCC(C)(CC)OC(COC(CC)(CC)CC(COC)OC(C)(CC)CC)CC(CC)(CC)OC. The molecule has 2 unspecified atom stereocenters. The maximum Gasteiger partial charge on any atom is 0.0843 e. The molecule has 35 heavy (non-hydrogen) atoms. The predicted octanol–water partition coefficient (Wildman–Crippen LogP) is 8.12. The van der Waals surface area contributed by atoms with Gasteiger partial charge in [-0.15, -0.1) is 0 Å². The fourth-order valence-electron chi connectivity index (χ4n) is 4.91. The largest absolute Gasteiger partial charge is 0.382 e. The maximum atomic E-state index is 6.85. The first-order chi connectivity index (χ1) is 16.5. The molecule has 0 rings (SSSR count). The van der Waals surface area contributed by atoms with Gasteiger partial charge in [0.25, 0.3) is 0 Å². The van der Waals surface area contributed by atoms with Gasteiger partial charge in [0.05, 0.1) is 47.8 Å². The van der Waals surface area contributed by atoms with Gasteiger partial charge in [0.2, 0.25) is 0 Å². The number of hydrogen-bond acceptors (Lipinski definition) is 5. The molecule has 212 valence electrons. The fraction of sp³-hybridized carbons (Fsp3) is 1.00. The zero-order chi connectivity index (χ0) is 27.2. The lowest BCUT2D eigenvalue weighted by Gasteiger charge is -2.42. The third-order valence-electron chi connectivity index (χ3n) is 9.03. The van der Waals surface area contributed by atoms with Crippen molar-refractivity contribution in [1.82, 2.24) is 0 Å². The van der Waals surface area contributed by atoms with E-state index in [9.17, 15) is 0 Å². The molecule has 0 radical (unpaired) electrons. The molecule has 0 bridgehead atoms. The van der Waals surface area contributed by atoms with E-state index in [2.05, 4.69) is 69.2 Å². The van der Waals surface area contributed by atoms with E-state index in [1.165, 1.54) is 0 Å². The molecule has 0 saturated heterocycles. The first kappa shape index (κ1) is 34.8. The minimum absolute atomic E-state index is 0.00920. The summed E-state index contributed by atoms with van der Waals surface area (Å²) in [6, 6.07) is 0. The third-order valence-corrected chi connectivity index (χ3v) is 9.03. The molecule has 0 aromatic rings. The standard InChI is InChI=1S/C30H62O5/c1-13-27(9,14-2)34-25(23-31-11)22-30(19-7,20-8)33-24-26(35-28(10,15-3)16-4)21-29(17-5,18-6)32-12/h25-26H,13-24H2,1-12H3. The van der Waals surface area contributed by atoms with Crippen molar-refractivity contribution in [2.75, 3.05) is 27.4 Å². The summed E-state index contributed by atoms with van der Waals surface area (Å²) in [5.41, 5.74) is -0.784. The van der Waals surface area contributed by atoms with E-state index in [4.69, 9.17) is 23.7 Å². The van der Waals surface area contributed by atoms with Crippen molar-refractivity contribution in [2.24, 2.45) is 0 Å². The van der Waals surface area contributed by atoms with Crippen LogP contribution in [0.5, 0.6) is 0 Å². The molecule has 0 saturated carbocycles. The van der Waals surface area contributed by atoms with Crippen molar-refractivity contribution >= 4 is 0 Å². The van der Waals surface area contributed by atoms with Crippen LogP contribution >= 0.6 is 0 Å². The Morgan fingerprint density at radius 2 is 0.886 bits per heavy atom. The lowest BCUT2D eigenvalue weighted by molar-refractivity contribution is -0.186. The summed E-state index contributed by atoms with van der Waals surface area (Å²) < 4.78 is 31.9. The van der Waals surface area contributed by atoms with Crippen molar-refractivity contribution in [2.45, 2.75) is 168 Å². The average Bonchev–Trinajstić information content (AvgIpc) is 2.89. The Morgan fingerprint density at radius 1 is 0.514 bits per heavy atom. The van der Waals surface area contributed by atoms with Crippen molar-refractivity contribution in [3.8, 4) is 0 Å². The highest BCUT2D eigenvalue weighted by molar-refractivity contribution is 4.88. The van der Waals surface area contributed by atoms with Crippen molar-refractivity contribution in [3.63, 3.8) is 0 Å². The molecule has 0 aromatic carbocycles. The summed E-state index contributed by atoms with van der Waals surface area (Å²) in [5.74, 6) is 0. The number of methoxy groups -OCH3 is 2. The van der Waals surface area contributed by atoms with E-state index in [0.717, 1.165) is 64.2 Å². The molecule has 0 aliphatic rings. The van der Waals surface area contributed by atoms with Crippen LogP contribution in [0.3, 0.4) is 0 Å². The van der Waals surface area contributed by atoms with Crippen molar-refractivity contribution in [3.05, 3.63) is 0 Å². The molecule has 0 heterocycles. The minimum atomic E-state index is -0.282. The van der Waals surface area contributed by atoms with Gasteiger partial charge < -0.3 is 23.7 Å². The second-order valence-electron chi connectivity index (χ2n) is 11.0. The summed E-state index contributed by atoms with van der Waals surface area (Å²) in [5, 5.41) is 0. The molecule has 0 aromatic heterocycles. The zero-order valence-electron chi connectivity index (χ0n) is 25.7. The van der Waals surface area contributed by atoms with E-state index >= 15 is 0 Å². The minimum Gasteiger partial charge on any atom is -0.382 e. The summed E-state index contributed by atoms with van der Waals surface area (Å²) in [4.78, 5) is 0. The molecular weight excluding hydrogens is 440 g/mol. The first-order valence-electron chi connectivity index (χ1n) is 14.5. The van der Waals surface area contributed by atoms with E-state index < -0.39 is 0 Å². The van der Waals surface area contributed by atoms with E-state index in [1.54, 1.807) is 7.11 Å². The fourth-order valence-corrected chi connectivity index (χ4v) is 4.91. The Balaban J connectivity index is 5.84. The third kappa shape index (κ3) is 11.0. The quantitative estimate of drug-likeness (QED) is 0.150. The molecular formula is C30H62O5. The van der Waals surface area contributed by atoms with Crippen LogP contribution in [-0.2, 0) is 23.7 Å². The van der Waals surface area contributed by atoms with E-state index in [0.29, 0.717) is 13.2 Å². The maximum absolute atomic E-state index is 6.85. The summed E-state index contributed by atoms with van der Waals surface area (Å²) >= 11 is 0. The van der Waals surface area contributed by atoms with Crippen LogP contribution in [0.15, 0.2) is 0 Å². The van der Waals surface area contributed by atoms with Gasteiger partial charge in [-0.1, -0.05) is 55.4 Å². The monoisotopic (exact) mass is 502 g/mol. The van der Waals surface area contributed by atoms with Crippen LogP contribution in [0, 0.1) is 0 Å². The van der Waals surface area contributed by atoms with Gasteiger partial charge in [-0.25, -0.2) is 0 Å². The highest BCUT2D eigenvalue weighted by Gasteiger charge is 2.38. The van der Waals surface area contributed by atoms with Crippen LogP contribution in [0.1, 0.15) is 133 Å². The molecule has 5 nitrogen and oxygen atoms in total. The molecule has 0 aliphatic carbocycles. The van der Waals surface area contributed by atoms with Crippen LogP contribution < -0.4 is 0 Å². The van der Waals surface area contributed by atoms with Gasteiger partial charge >= 0.3 is 0 Å². The van der Waals surface area contributed by atoms with Gasteiger partial charge in [0.1, 0.15) is 0 Å². The lowest BCUT2D eigenvalue weighted by atomic mass is 9.88. The normalized spacial score (nSPS) is 15.4. The van der Waals surface area contributed by atoms with Crippen LogP contribution in [0.2, 0.25) is 0 Å². The Hall–Kier alpha value is -0.200. The topological polar surface area (TPSA) is 46.2 Å². The summed E-state index contributed by atoms with van der Waals surface area (Å²) in [7, 11) is 3.59. The summed E-state index contributed by atoms with van der Waals surface area (Å²) in [6.07, 6.45) is 9.26. The van der Waals surface area contributed by atoms with Crippen LogP contribution in [-0.4, -0.2) is 62.0 Å². The highest BCUT2D eigenvalue weighted by Crippen LogP contribution is 2.35.